The fourth-order valence-electron chi connectivity index (χ4n) is 3.87. The third-order valence-electron chi connectivity index (χ3n) is 5.05. The molecule has 1 aromatic rings. The van der Waals surface area contributed by atoms with Crippen molar-refractivity contribution in [2.75, 3.05) is 6.54 Å². The van der Waals surface area contributed by atoms with E-state index in [9.17, 15) is 4.39 Å². The van der Waals surface area contributed by atoms with Gasteiger partial charge in [0.2, 0.25) is 0 Å². The highest BCUT2D eigenvalue weighted by atomic mass is 19.1. The Labute approximate surface area is 120 Å². The molecule has 0 amide bonds. The average Bonchev–Trinajstić information content (AvgIpc) is 2.42. The second-order valence-corrected chi connectivity index (χ2v) is 6.31. The van der Waals surface area contributed by atoms with Crippen molar-refractivity contribution in [2.24, 2.45) is 5.92 Å². The van der Waals surface area contributed by atoms with Crippen molar-refractivity contribution < 1.29 is 9.13 Å². The summed E-state index contributed by atoms with van der Waals surface area (Å²) in [5, 5.41) is 3.55. The summed E-state index contributed by atoms with van der Waals surface area (Å²) in [4.78, 5) is 0. The van der Waals surface area contributed by atoms with Gasteiger partial charge in [-0.05, 0) is 37.8 Å². The third kappa shape index (κ3) is 2.32. The fraction of sp³-hybridized carbons (Fsp3) is 0.647. The molecule has 1 fully saturated rings. The van der Waals surface area contributed by atoms with Crippen molar-refractivity contribution in [1.82, 2.24) is 5.32 Å². The van der Waals surface area contributed by atoms with Crippen molar-refractivity contribution in [3.63, 3.8) is 0 Å². The van der Waals surface area contributed by atoms with Gasteiger partial charge in [0, 0.05) is 24.1 Å². The number of benzene rings is 1. The lowest BCUT2D eigenvalue weighted by Crippen LogP contribution is -2.50. The molecule has 3 heteroatoms. The molecule has 1 N–H and O–H groups in total. The van der Waals surface area contributed by atoms with Crippen LogP contribution in [0.3, 0.4) is 0 Å². The SMILES string of the molecule is CCNC1CC2(CCCCC2C)Oc2cc(F)ccc21. The number of halogens is 1. The van der Waals surface area contributed by atoms with E-state index in [1.165, 1.54) is 25.3 Å². The molecule has 2 aliphatic rings. The Morgan fingerprint density at radius 1 is 1.40 bits per heavy atom. The number of hydrogen-bond acceptors (Lipinski definition) is 2. The van der Waals surface area contributed by atoms with E-state index >= 15 is 0 Å². The van der Waals surface area contributed by atoms with E-state index in [2.05, 4.69) is 19.2 Å². The second kappa shape index (κ2) is 5.36. The summed E-state index contributed by atoms with van der Waals surface area (Å²) in [7, 11) is 0. The van der Waals surface area contributed by atoms with Gasteiger partial charge >= 0.3 is 0 Å². The maximum atomic E-state index is 13.6. The normalized spacial score (nSPS) is 32.8. The Kier molecular flexibility index (Phi) is 3.72. The molecule has 20 heavy (non-hydrogen) atoms. The Bertz CT molecular complexity index is 490. The number of rotatable bonds is 2. The van der Waals surface area contributed by atoms with Gasteiger partial charge < -0.3 is 10.1 Å². The molecule has 0 radical (unpaired) electrons. The maximum absolute atomic E-state index is 13.6. The minimum absolute atomic E-state index is 0.105. The third-order valence-corrected chi connectivity index (χ3v) is 5.05. The van der Waals surface area contributed by atoms with Crippen LogP contribution in [0.25, 0.3) is 0 Å². The molecular weight excluding hydrogens is 253 g/mol. The van der Waals surface area contributed by atoms with Crippen LogP contribution >= 0.6 is 0 Å². The van der Waals surface area contributed by atoms with Crippen molar-refractivity contribution in [3.05, 3.63) is 29.6 Å². The highest BCUT2D eigenvalue weighted by Crippen LogP contribution is 2.48. The van der Waals surface area contributed by atoms with Gasteiger partial charge in [-0.25, -0.2) is 4.39 Å². The van der Waals surface area contributed by atoms with Gasteiger partial charge in [0.05, 0.1) is 0 Å². The summed E-state index contributed by atoms with van der Waals surface area (Å²) >= 11 is 0. The molecule has 0 saturated heterocycles. The molecule has 3 atom stereocenters. The summed E-state index contributed by atoms with van der Waals surface area (Å²) in [6.07, 6.45) is 5.80. The highest BCUT2D eigenvalue weighted by Gasteiger charge is 2.45. The molecule has 3 rings (SSSR count). The Balaban J connectivity index is 1.98. The van der Waals surface area contributed by atoms with Crippen molar-refractivity contribution in [3.8, 4) is 5.75 Å². The van der Waals surface area contributed by atoms with E-state index in [4.69, 9.17) is 4.74 Å². The van der Waals surface area contributed by atoms with Crippen LogP contribution in [-0.2, 0) is 0 Å². The summed E-state index contributed by atoms with van der Waals surface area (Å²) in [6, 6.07) is 5.25. The van der Waals surface area contributed by atoms with Gasteiger partial charge in [-0.3, -0.25) is 0 Å². The highest BCUT2D eigenvalue weighted by molar-refractivity contribution is 5.39. The number of nitrogens with one attached hydrogen (secondary N) is 1. The minimum Gasteiger partial charge on any atom is -0.486 e. The van der Waals surface area contributed by atoms with Gasteiger partial charge in [0.1, 0.15) is 17.2 Å². The Morgan fingerprint density at radius 2 is 2.25 bits per heavy atom. The zero-order valence-corrected chi connectivity index (χ0v) is 12.4. The maximum Gasteiger partial charge on any atom is 0.127 e. The standard InChI is InChI=1S/C17H24FNO/c1-3-19-15-11-17(9-5-4-6-12(17)2)20-16-10-13(18)7-8-14(15)16/h7-8,10,12,15,19H,3-6,9,11H2,1-2H3. The first-order chi connectivity index (χ1) is 9.64. The van der Waals surface area contributed by atoms with E-state index in [-0.39, 0.29) is 17.5 Å². The molecule has 110 valence electrons. The lowest BCUT2D eigenvalue weighted by Gasteiger charge is -2.48. The first-order valence-corrected chi connectivity index (χ1v) is 7.86. The van der Waals surface area contributed by atoms with E-state index in [1.807, 2.05) is 6.07 Å². The predicted octanol–water partition coefficient (Wildman–Crippen LogP) is 4.21. The largest absolute Gasteiger partial charge is 0.486 e. The van der Waals surface area contributed by atoms with Gasteiger partial charge in [0.25, 0.3) is 0 Å². The number of fused-ring (bicyclic) bond motifs is 1. The van der Waals surface area contributed by atoms with Crippen molar-refractivity contribution in [2.45, 2.75) is 57.6 Å². The monoisotopic (exact) mass is 277 g/mol. The molecule has 1 aliphatic carbocycles. The Hall–Kier alpha value is -1.09. The number of hydrogen-bond donors (Lipinski definition) is 1. The zero-order valence-electron chi connectivity index (χ0n) is 12.4. The van der Waals surface area contributed by atoms with Crippen LogP contribution in [0.4, 0.5) is 4.39 Å². The van der Waals surface area contributed by atoms with Gasteiger partial charge in [-0.1, -0.05) is 26.3 Å². The molecule has 0 bridgehead atoms. The van der Waals surface area contributed by atoms with E-state index in [0.717, 1.165) is 30.7 Å². The second-order valence-electron chi connectivity index (χ2n) is 6.31. The predicted molar refractivity (Wildman–Crippen MR) is 78.4 cm³/mol. The molecule has 3 unspecified atom stereocenters. The molecule has 1 spiro atoms. The first kappa shape index (κ1) is 13.9. The van der Waals surface area contributed by atoms with Crippen molar-refractivity contribution in [1.29, 1.82) is 0 Å². The van der Waals surface area contributed by atoms with Crippen LogP contribution in [0.15, 0.2) is 18.2 Å². The molecule has 1 aromatic carbocycles. The number of ether oxygens (including phenoxy) is 1. The topological polar surface area (TPSA) is 21.3 Å². The van der Waals surface area contributed by atoms with Crippen LogP contribution < -0.4 is 10.1 Å². The minimum atomic E-state index is -0.209. The first-order valence-electron chi connectivity index (χ1n) is 7.86. The smallest absolute Gasteiger partial charge is 0.127 e. The lowest BCUT2D eigenvalue weighted by atomic mass is 9.70. The molecular formula is C17H24FNO. The van der Waals surface area contributed by atoms with E-state index in [0.29, 0.717) is 5.92 Å². The molecule has 1 saturated carbocycles. The quantitative estimate of drug-likeness (QED) is 0.874. The average molecular weight is 277 g/mol. The molecule has 0 aromatic heterocycles. The van der Waals surface area contributed by atoms with E-state index in [1.54, 1.807) is 6.07 Å². The summed E-state index contributed by atoms with van der Waals surface area (Å²) in [5.74, 6) is 1.07. The summed E-state index contributed by atoms with van der Waals surface area (Å²) in [6.45, 7) is 5.33. The molecule has 1 aliphatic heterocycles. The van der Waals surface area contributed by atoms with Crippen LogP contribution in [0, 0.1) is 11.7 Å². The Morgan fingerprint density at radius 3 is 3.00 bits per heavy atom. The lowest BCUT2D eigenvalue weighted by molar-refractivity contribution is -0.0444. The van der Waals surface area contributed by atoms with Crippen LogP contribution in [0.1, 0.15) is 57.6 Å². The van der Waals surface area contributed by atoms with Crippen LogP contribution in [0.5, 0.6) is 5.75 Å². The summed E-state index contributed by atoms with van der Waals surface area (Å²) < 4.78 is 19.9. The van der Waals surface area contributed by atoms with Crippen LogP contribution in [0.2, 0.25) is 0 Å². The van der Waals surface area contributed by atoms with Gasteiger partial charge in [0.15, 0.2) is 0 Å². The van der Waals surface area contributed by atoms with Crippen molar-refractivity contribution >= 4 is 0 Å². The summed E-state index contributed by atoms with van der Waals surface area (Å²) in [5.41, 5.74) is 1.00. The molecule has 2 nitrogen and oxygen atoms in total. The van der Waals surface area contributed by atoms with E-state index < -0.39 is 0 Å². The zero-order chi connectivity index (χ0) is 14.2. The van der Waals surface area contributed by atoms with Gasteiger partial charge in [-0.15, -0.1) is 0 Å². The molecule has 1 heterocycles. The van der Waals surface area contributed by atoms with Gasteiger partial charge in [-0.2, -0.15) is 0 Å². The van der Waals surface area contributed by atoms with Crippen LogP contribution in [-0.4, -0.2) is 12.1 Å². The fourth-order valence-corrected chi connectivity index (χ4v) is 3.87.